The summed E-state index contributed by atoms with van der Waals surface area (Å²) in [7, 11) is 0. The lowest BCUT2D eigenvalue weighted by Crippen LogP contribution is -2.09. The van der Waals surface area contributed by atoms with Crippen LogP contribution in [0.15, 0.2) is 54.6 Å². The molecule has 0 aliphatic rings. The van der Waals surface area contributed by atoms with Crippen molar-refractivity contribution >= 4 is 16.9 Å². The van der Waals surface area contributed by atoms with Gasteiger partial charge in [0, 0.05) is 5.39 Å². The number of carboxylic acids is 1. The van der Waals surface area contributed by atoms with Gasteiger partial charge in [-0.1, -0.05) is 30.3 Å². The van der Waals surface area contributed by atoms with E-state index in [-0.39, 0.29) is 17.5 Å². The molecule has 3 rings (SSSR count). The number of nitrogens with zero attached hydrogens (tertiary/aromatic N) is 1. The summed E-state index contributed by atoms with van der Waals surface area (Å²) in [5.41, 5.74) is 0.706. The monoisotopic (exact) mass is 331 g/mol. The van der Waals surface area contributed by atoms with Gasteiger partial charge in [-0.15, -0.1) is 0 Å². The number of alkyl halides is 3. The molecule has 24 heavy (non-hydrogen) atoms. The number of rotatable bonds is 3. The maximum absolute atomic E-state index is 13.0. The highest BCUT2D eigenvalue weighted by atomic mass is 19.4. The maximum Gasteiger partial charge on any atom is 0.433 e. The first-order chi connectivity index (χ1) is 11.3. The van der Waals surface area contributed by atoms with E-state index < -0.39 is 17.8 Å². The molecule has 0 bridgehead atoms. The second-order valence-electron chi connectivity index (χ2n) is 5.36. The van der Waals surface area contributed by atoms with Crippen LogP contribution in [0.3, 0.4) is 0 Å². The van der Waals surface area contributed by atoms with Crippen LogP contribution in [0.25, 0.3) is 10.9 Å². The minimum atomic E-state index is -4.52. The number of pyridine rings is 1. The molecule has 3 aromatic rings. The molecule has 3 nitrogen and oxygen atoms in total. The lowest BCUT2D eigenvalue weighted by atomic mass is 9.99. The van der Waals surface area contributed by atoms with Crippen molar-refractivity contribution in [3.63, 3.8) is 0 Å². The number of hydrogen-bond donors (Lipinski definition) is 1. The minimum Gasteiger partial charge on any atom is -0.478 e. The highest BCUT2D eigenvalue weighted by Gasteiger charge is 2.33. The Morgan fingerprint density at radius 1 is 1.04 bits per heavy atom. The Labute approximate surface area is 135 Å². The van der Waals surface area contributed by atoms with Gasteiger partial charge in [-0.05, 0) is 41.8 Å². The van der Waals surface area contributed by atoms with E-state index in [1.54, 1.807) is 36.4 Å². The topological polar surface area (TPSA) is 50.2 Å². The van der Waals surface area contributed by atoms with Crippen LogP contribution in [0, 0.1) is 0 Å². The van der Waals surface area contributed by atoms with Gasteiger partial charge in [-0.2, -0.15) is 13.2 Å². The lowest BCUT2D eigenvalue weighted by Gasteiger charge is -2.12. The van der Waals surface area contributed by atoms with E-state index in [4.69, 9.17) is 5.11 Å². The van der Waals surface area contributed by atoms with Crippen LogP contribution in [-0.2, 0) is 12.6 Å². The summed E-state index contributed by atoms with van der Waals surface area (Å²) < 4.78 is 39.1. The second kappa shape index (κ2) is 5.96. The first-order valence-corrected chi connectivity index (χ1v) is 7.13. The van der Waals surface area contributed by atoms with Gasteiger partial charge in [0.15, 0.2) is 0 Å². The predicted molar refractivity (Wildman–Crippen MR) is 83.0 cm³/mol. The summed E-state index contributed by atoms with van der Waals surface area (Å²) in [5, 5.41) is 9.55. The van der Waals surface area contributed by atoms with Crippen LogP contribution in [-0.4, -0.2) is 16.1 Å². The Kier molecular flexibility index (Phi) is 3.97. The summed E-state index contributed by atoms with van der Waals surface area (Å²) in [6, 6.07) is 13.8. The van der Waals surface area contributed by atoms with Crippen LogP contribution in [0.5, 0.6) is 0 Å². The van der Waals surface area contributed by atoms with Crippen molar-refractivity contribution in [2.24, 2.45) is 0 Å². The summed E-state index contributed by atoms with van der Waals surface area (Å²) in [4.78, 5) is 14.6. The number of carbonyl (C=O) groups is 1. The predicted octanol–water partition coefficient (Wildman–Crippen LogP) is 4.54. The van der Waals surface area contributed by atoms with E-state index >= 15 is 0 Å². The second-order valence-corrected chi connectivity index (χ2v) is 5.36. The first-order valence-electron chi connectivity index (χ1n) is 7.13. The van der Waals surface area contributed by atoms with Gasteiger partial charge in [-0.25, -0.2) is 9.78 Å². The molecule has 1 heterocycles. The summed E-state index contributed by atoms with van der Waals surface area (Å²) >= 11 is 0. The molecule has 0 saturated carbocycles. The SMILES string of the molecule is O=C(O)c1ccc(Cc2cc(C(F)(F)F)nc3ccccc23)cc1. The number of halogens is 3. The quantitative estimate of drug-likeness (QED) is 0.766. The van der Waals surface area contributed by atoms with Crippen LogP contribution in [0.1, 0.15) is 27.2 Å². The number of benzene rings is 2. The number of para-hydroxylation sites is 1. The molecule has 0 fully saturated rings. The highest BCUT2D eigenvalue weighted by Crippen LogP contribution is 2.31. The van der Waals surface area contributed by atoms with Gasteiger partial charge in [0.05, 0.1) is 11.1 Å². The Morgan fingerprint density at radius 3 is 2.33 bits per heavy atom. The summed E-state index contributed by atoms with van der Waals surface area (Å²) in [5.74, 6) is -1.05. The van der Waals surface area contributed by atoms with Crippen LogP contribution in [0.2, 0.25) is 0 Å². The number of fused-ring (bicyclic) bond motifs is 1. The maximum atomic E-state index is 13.0. The van der Waals surface area contributed by atoms with Crippen molar-refractivity contribution in [1.82, 2.24) is 4.98 Å². The fourth-order valence-corrected chi connectivity index (χ4v) is 2.52. The van der Waals surface area contributed by atoms with Crippen LogP contribution in [0.4, 0.5) is 13.2 Å². The summed E-state index contributed by atoms with van der Waals surface area (Å²) in [6.45, 7) is 0. The molecule has 0 unspecified atom stereocenters. The van der Waals surface area contributed by atoms with Gasteiger partial charge in [0.1, 0.15) is 5.69 Å². The molecular formula is C18H12F3NO2. The molecule has 2 aromatic carbocycles. The van der Waals surface area contributed by atoms with E-state index in [2.05, 4.69) is 4.98 Å². The van der Waals surface area contributed by atoms with Crippen molar-refractivity contribution < 1.29 is 23.1 Å². The third-order valence-corrected chi connectivity index (χ3v) is 3.69. The third kappa shape index (κ3) is 3.22. The third-order valence-electron chi connectivity index (χ3n) is 3.69. The standard InChI is InChI=1S/C18H12F3NO2/c19-18(20,21)16-10-13(14-3-1-2-4-15(14)22-16)9-11-5-7-12(8-6-11)17(23)24/h1-8,10H,9H2,(H,23,24). The minimum absolute atomic E-state index is 0.134. The zero-order chi connectivity index (χ0) is 17.3. The van der Waals surface area contributed by atoms with Crippen LogP contribution < -0.4 is 0 Å². The zero-order valence-electron chi connectivity index (χ0n) is 12.3. The lowest BCUT2D eigenvalue weighted by molar-refractivity contribution is -0.141. The molecule has 0 aliphatic carbocycles. The number of aromatic carboxylic acids is 1. The zero-order valence-corrected chi connectivity index (χ0v) is 12.3. The Balaban J connectivity index is 2.05. The van der Waals surface area contributed by atoms with E-state index in [1.165, 1.54) is 12.1 Å². The van der Waals surface area contributed by atoms with Gasteiger partial charge >= 0.3 is 12.1 Å². The molecule has 0 amide bonds. The summed E-state index contributed by atoms with van der Waals surface area (Å²) in [6.07, 6.45) is -4.27. The average Bonchev–Trinajstić information content (AvgIpc) is 2.54. The molecule has 1 N–H and O–H groups in total. The van der Waals surface area contributed by atoms with Crippen molar-refractivity contribution in [3.8, 4) is 0 Å². The van der Waals surface area contributed by atoms with Crippen molar-refractivity contribution in [1.29, 1.82) is 0 Å². The molecule has 122 valence electrons. The van der Waals surface area contributed by atoms with Gasteiger partial charge in [0.2, 0.25) is 0 Å². The van der Waals surface area contributed by atoms with E-state index in [1.807, 2.05) is 0 Å². The highest BCUT2D eigenvalue weighted by molar-refractivity contribution is 5.87. The van der Waals surface area contributed by atoms with Crippen molar-refractivity contribution in [2.75, 3.05) is 0 Å². The van der Waals surface area contributed by atoms with Crippen molar-refractivity contribution in [2.45, 2.75) is 12.6 Å². The van der Waals surface area contributed by atoms with Crippen LogP contribution >= 0.6 is 0 Å². The molecule has 0 saturated heterocycles. The average molecular weight is 331 g/mol. The van der Waals surface area contributed by atoms with Gasteiger partial charge in [-0.3, -0.25) is 0 Å². The van der Waals surface area contributed by atoms with E-state index in [0.717, 1.165) is 11.6 Å². The van der Waals surface area contributed by atoms with E-state index in [0.29, 0.717) is 10.9 Å². The number of aromatic nitrogens is 1. The Morgan fingerprint density at radius 2 is 1.71 bits per heavy atom. The van der Waals surface area contributed by atoms with Gasteiger partial charge in [0.25, 0.3) is 0 Å². The van der Waals surface area contributed by atoms with E-state index in [9.17, 15) is 18.0 Å². The fourth-order valence-electron chi connectivity index (χ4n) is 2.52. The Hall–Kier alpha value is -2.89. The smallest absolute Gasteiger partial charge is 0.433 e. The molecular weight excluding hydrogens is 319 g/mol. The molecule has 6 heteroatoms. The van der Waals surface area contributed by atoms with Gasteiger partial charge < -0.3 is 5.11 Å². The molecule has 0 radical (unpaired) electrons. The molecule has 1 aromatic heterocycles. The first kappa shape index (κ1) is 16.0. The molecule has 0 aliphatic heterocycles. The normalized spacial score (nSPS) is 11.6. The van der Waals surface area contributed by atoms with Crippen molar-refractivity contribution in [3.05, 3.63) is 77.0 Å². The molecule has 0 atom stereocenters. The number of carboxylic acid groups (broad SMARTS) is 1. The number of hydrogen-bond acceptors (Lipinski definition) is 2. The largest absolute Gasteiger partial charge is 0.478 e. The fraction of sp³-hybridized carbons (Fsp3) is 0.111. The molecule has 0 spiro atoms. The Bertz CT molecular complexity index is 902.